The zero-order valence-electron chi connectivity index (χ0n) is 12.5. The lowest BCUT2D eigenvalue weighted by Crippen LogP contribution is -2.53. The van der Waals surface area contributed by atoms with Gasteiger partial charge in [0.15, 0.2) is 17.5 Å². The summed E-state index contributed by atoms with van der Waals surface area (Å²) in [6.07, 6.45) is 0. The molecule has 0 spiro atoms. The van der Waals surface area contributed by atoms with Crippen molar-refractivity contribution in [2.75, 3.05) is 18.5 Å². The summed E-state index contributed by atoms with van der Waals surface area (Å²) in [6.45, 7) is 0.193. The molecule has 0 bridgehead atoms. The number of nitrogens with two attached hydrogens (primary N) is 1. The molecule has 1 aliphatic heterocycles. The average molecular weight is 393 g/mol. The van der Waals surface area contributed by atoms with Crippen molar-refractivity contribution in [2.24, 2.45) is 5.14 Å². The van der Waals surface area contributed by atoms with Crippen LogP contribution in [0.5, 0.6) is 0 Å². The van der Waals surface area contributed by atoms with Crippen molar-refractivity contribution >= 4 is 27.3 Å². The quantitative estimate of drug-likeness (QED) is 0.784. The second-order valence-electron chi connectivity index (χ2n) is 5.64. The molecule has 10 heteroatoms. The van der Waals surface area contributed by atoms with Gasteiger partial charge in [-0.05, 0) is 17.7 Å². The van der Waals surface area contributed by atoms with Gasteiger partial charge in [-0.2, -0.15) is 0 Å². The van der Waals surface area contributed by atoms with E-state index >= 15 is 0 Å². The Kier molecular flexibility index (Phi) is 4.44. The summed E-state index contributed by atoms with van der Waals surface area (Å²) < 4.78 is 68.3. The molecule has 3 N–H and O–H groups in total. The second-order valence-corrected chi connectivity index (χ2v) is 7.58. The Hall–Kier alpha value is -1.81. The Labute approximate surface area is 146 Å². The summed E-state index contributed by atoms with van der Waals surface area (Å²) in [5.74, 6) is -4.27. The predicted molar refractivity (Wildman–Crippen MR) is 85.3 cm³/mol. The summed E-state index contributed by atoms with van der Waals surface area (Å²) in [6, 6.07) is 5.76. The van der Waals surface area contributed by atoms with Gasteiger partial charge in [-0.25, -0.2) is 26.7 Å². The van der Waals surface area contributed by atoms with Crippen molar-refractivity contribution in [1.29, 1.82) is 0 Å². The van der Waals surface area contributed by atoms with E-state index in [9.17, 15) is 21.6 Å². The average Bonchev–Trinajstić information content (AvgIpc) is 2.48. The van der Waals surface area contributed by atoms with Crippen LogP contribution < -0.4 is 10.5 Å². The van der Waals surface area contributed by atoms with E-state index in [0.29, 0.717) is 5.56 Å². The maximum Gasteiger partial charge on any atom is 0.239 e. The van der Waals surface area contributed by atoms with Crippen LogP contribution in [0.15, 0.2) is 35.2 Å². The maximum absolute atomic E-state index is 13.4. The Morgan fingerprint density at radius 2 is 1.72 bits per heavy atom. The molecule has 0 amide bonds. The van der Waals surface area contributed by atoms with Crippen molar-refractivity contribution in [3.8, 4) is 0 Å². The molecular formula is C15H12ClF3N2O3S. The lowest BCUT2D eigenvalue weighted by atomic mass is 9.87. The van der Waals surface area contributed by atoms with E-state index in [1.165, 1.54) is 12.1 Å². The summed E-state index contributed by atoms with van der Waals surface area (Å²) in [7, 11) is -4.06. The van der Waals surface area contributed by atoms with Crippen molar-refractivity contribution in [1.82, 2.24) is 0 Å². The molecule has 0 aliphatic carbocycles. The van der Waals surface area contributed by atoms with Gasteiger partial charge in [-0.15, -0.1) is 0 Å². The molecular weight excluding hydrogens is 381 g/mol. The first kappa shape index (κ1) is 18.0. The highest BCUT2D eigenvalue weighted by Crippen LogP contribution is 2.36. The van der Waals surface area contributed by atoms with Crippen molar-refractivity contribution in [3.05, 3.63) is 58.4 Å². The molecule has 5 nitrogen and oxygen atoms in total. The number of benzene rings is 2. The number of halogens is 4. The minimum atomic E-state index is -4.06. The zero-order valence-corrected chi connectivity index (χ0v) is 14.1. The molecule has 1 fully saturated rings. The number of hydrogen-bond acceptors (Lipinski definition) is 4. The molecule has 3 rings (SSSR count). The van der Waals surface area contributed by atoms with E-state index in [0.717, 1.165) is 12.1 Å². The molecule has 0 saturated carbocycles. The Morgan fingerprint density at radius 1 is 1.12 bits per heavy atom. The minimum Gasteiger partial charge on any atom is -0.376 e. The Morgan fingerprint density at radius 3 is 2.20 bits per heavy atom. The van der Waals surface area contributed by atoms with E-state index < -0.39 is 33.0 Å². The van der Waals surface area contributed by atoms with E-state index in [1.807, 2.05) is 0 Å². The van der Waals surface area contributed by atoms with Gasteiger partial charge in [0.25, 0.3) is 0 Å². The minimum absolute atomic E-state index is 0.0215. The van der Waals surface area contributed by atoms with Crippen LogP contribution in [0.3, 0.4) is 0 Å². The van der Waals surface area contributed by atoms with Crippen LogP contribution >= 0.6 is 11.6 Å². The fourth-order valence-corrected chi connectivity index (χ4v) is 3.61. The first-order chi connectivity index (χ1) is 11.6. The first-order valence-corrected chi connectivity index (χ1v) is 8.88. The Balaban J connectivity index is 2.02. The summed E-state index contributed by atoms with van der Waals surface area (Å²) in [5, 5.41) is 7.94. The van der Waals surface area contributed by atoms with E-state index in [-0.39, 0.29) is 28.8 Å². The van der Waals surface area contributed by atoms with Gasteiger partial charge in [0, 0.05) is 17.8 Å². The highest BCUT2D eigenvalue weighted by molar-refractivity contribution is 7.89. The number of anilines is 1. The lowest BCUT2D eigenvalue weighted by molar-refractivity contribution is -0.0448. The normalized spacial score (nSPS) is 16.4. The molecule has 2 aromatic carbocycles. The second kappa shape index (κ2) is 6.17. The third kappa shape index (κ3) is 3.32. The van der Waals surface area contributed by atoms with Crippen molar-refractivity contribution < 1.29 is 26.3 Å². The molecule has 0 unspecified atom stereocenters. The monoisotopic (exact) mass is 392 g/mol. The van der Waals surface area contributed by atoms with Crippen molar-refractivity contribution in [2.45, 2.75) is 10.4 Å². The maximum atomic E-state index is 13.4. The summed E-state index contributed by atoms with van der Waals surface area (Å²) >= 11 is 5.86. The molecule has 2 aromatic rings. The van der Waals surface area contributed by atoms with Gasteiger partial charge in [-0.1, -0.05) is 17.7 Å². The van der Waals surface area contributed by atoms with Gasteiger partial charge in [0.05, 0.1) is 18.2 Å². The van der Waals surface area contributed by atoms with Crippen LogP contribution in [0.25, 0.3) is 0 Å². The molecule has 0 aromatic heterocycles. The van der Waals surface area contributed by atoms with Crippen LogP contribution in [-0.4, -0.2) is 21.6 Å². The van der Waals surface area contributed by atoms with Gasteiger partial charge < -0.3 is 10.1 Å². The largest absolute Gasteiger partial charge is 0.376 e. The molecule has 0 atom stereocenters. The van der Waals surface area contributed by atoms with Crippen LogP contribution in [0.1, 0.15) is 5.56 Å². The highest BCUT2D eigenvalue weighted by atomic mass is 35.5. The third-order valence-electron chi connectivity index (χ3n) is 3.85. The molecule has 1 heterocycles. The van der Waals surface area contributed by atoms with Crippen LogP contribution in [0.2, 0.25) is 5.02 Å². The van der Waals surface area contributed by atoms with E-state index in [4.69, 9.17) is 21.5 Å². The smallest absolute Gasteiger partial charge is 0.239 e. The number of rotatable bonds is 4. The molecule has 1 saturated heterocycles. The van der Waals surface area contributed by atoms with Crippen LogP contribution in [0, 0.1) is 17.5 Å². The molecule has 1 aliphatic rings. The zero-order chi connectivity index (χ0) is 18.4. The number of primary sulfonamides is 1. The topological polar surface area (TPSA) is 81.4 Å². The number of ether oxygens (including phenoxy) is 1. The van der Waals surface area contributed by atoms with Gasteiger partial charge in [-0.3, -0.25) is 0 Å². The van der Waals surface area contributed by atoms with Gasteiger partial charge in [0.2, 0.25) is 10.0 Å². The fraction of sp³-hybridized carbons (Fsp3) is 0.200. The lowest BCUT2D eigenvalue weighted by Gasteiger charge is -2.43. The highest BCUT2D eigenvalue weighted by Gasteiger charge is 2.41. The predicted octanol–water partition coefficient (Wildman–Crippen LogP) is 2.74. The number of nitrogens with one attached hydrogen (secondary N) is 1. The standard InChI is InChI=1S/C15H12ClF3N2O3S/c16-10-2-1-8(3-13(10)25(20,22)23)15(6-24-7-15)21-9-4-11(17)14(19)12(18)5-9/h1-5,21H,6-7H2,(H2,20,22,23). The summed E-state index contributed by atoms with van der Waals surface area (Å²) in [5.41, 5.74) is -0.537. The molecule has 25 heavy (non-hydrogen) atoms. The van der Waals surface area contributed by atoms with Gasteiger partial charge in [0.1, 0.15) is 10.4 Å². The summed E-state index contributed by atoms with van der Waals surface area (Å²) in [4.78, 5) is -0.281. The SMILES string of the molecule is NS(=O)(=O)c1cc(C2(Nc3cc(F)c(F)c(F)c3)COC2)ccc1Cl. The van der Waals surface area contributed by atoms with E-state index in [1.54, 1.807) is 6.07 Å². The van der Waals surface area contributed by atoms with Gasteiger partial charge >= 0.3 is 0 Å². The van der Waals surface area contributed by atoms with Crippen LogP contribution in [0.4, 0.5) is 18.9 Å². The fourth-order valence-electron chi connectivity index (χ4n) is 2.54. The van der Waals surface area contributed by atoms with E-state index in [2.05, 4.69) is 5.32 Å². The number of sulfonamides is 1. The van der Waals surface area contributed by atoms with Crippen LogP contribution in [-0.2, 0) is 20.3 Å². The first-order valence-electron chi connectivity index (χ1n) is 6.96. The number of hydrogen-bond donors (Lipinski definition) is 2. The third-order valence-corrected chi connectivity index (χ3v) is 5.25. The molecule has 134 valence electrons. The molecule has 0 radical (unpaired) electrons. The Bertz CT molecular complexity index is 926. The van der Waals surface area contributed by atoms with Crippen molar-refractivity contribution in [3.63, 3.8) is 0 Å².